The zero-order chi connectivity index (χ0) is 23.8. The molecule has 0 atom stereocenters. The van der Waals surface area contributed by atoms with Crippen LogP contribution in [-0.4, -0.2) is 29.3 Å². The van der Waals surface area contributed by atoms with E-state index in [2.05, 4.69) is 6.92 Å². The largest absolute Gasteiger partial charge is 0.462 e. The molecule has 0 spiro atoms. The van der Waals surface area contributed by atoms with Gasteiger partial charge in [-0.05, 0) is 36.8 Å². The monoisotopic (exact) mass is 452 g/mol. The van der Waals surface area contributed by atoms with Crippen LogP contribution in [0.2, 0.25) is 0 Å². The Labute approximate surface area is 192 Å². The summed E-state index contributed by atoms with van der Waals surface area (Å²) in [6.45, 7) is 2.50. The summed E-state index contributed by atoms with van der Waals surface area (Å²) in [5, 5.41) is 10.8. The third-order valence-electron chi connectivity index (χ3n) is 5.67. The van der Waals surface area contributed by atoms with E-state index in [1.807, 2.05) is 0 Å². The molecule has 8 nitrogen and oxygen atoms in total. The number of carbonyl (C=O) groups is 3. The minimum absolute atomic E-state index is 0.111. The van der Waals surface area contributed by atoms with E-state index in [0.717, 1.165) is 24.2 Å². The Morgan fingerprint density at radius 1 is 0.879 bits per heavy atom. The van der Waals surface area contributed by atoms with Crippen LogP contribution in [0.15, 0.2) is 42.5 Å². The second-order valence-electron chi connectivity index (χ2n) is 8.09. The SMILES string of the molecule is CCCCCCCCCCOC(=O)c1ccc2c(c1)C(=O)N(c1ccc([N+](=O)[O-])cc1)C2=O. The van der Waals surface area contributed by atoms with Gasteiger partial charge in [0.2, 0.25) is 0 Å². The first-order valence-electron chi connectivity index (χ1n) is 11.4. The molecule has 2 amide bonds. The standard InChI is InChI=1S/C25H28N2O6/c1-2-3-4-5-6-7-8-9-16-33-25(30)18-10-15-21-22(17-18)24(29)26(23(21)28)19-11-13-20(14-12-19)27(31)32/h10-15,17H,2-9,16H2,1H3. The van der Waals surface area contributed by atoms with Gasteiger partial charge in [-0.2, -0.15) is 0 Å². The summed E-state index contributed by atoms with van der Waals surface area (Å²) in [7, 11) is 0. The first kappa shape index (κ1) is 24.1. The fraction of sp³-hybridized carbons (Fsp3) is 0.400. The first-order valence-corrected chi connectivity index (χ1v) is 11.4. The molecule has 0 fully saturated rings. The van der Waals surface area contributed by atoms with Gasteiger partial charge in [0.25, 0.3) is 17.5 Å². The van der Waals surface area contributed by atoms with Gasteiger partial charge in [0, 0.05) is 12.1 Å². The minimum atomic E-state index is -0.582. The van der Waals surface area contributed by atoms with Crippen molar-refractivity contribution in [3.63, 3.8) is 0 Å². The van der Waals surface area contributed by atoms with Gasteiger partial charge in [-0.25, -0.2) is 9.69 Å². The molecular formula is C25H28N2O6. The van der Waals surface area contributed by atoms with Crippen molar-refractivity contribution in [2.75, 3.05) is 11.5 Å². The molecule has 2 aromatic rings. The predicted molar refractivity (Wildman–Crippen MR) is 124 cm³/mol. The Bertz CT molecular complexity index is 1030. The van der Waals surface area contributed by atoms with Crippen molar-refractivity contribution in [3.8, 4) is 0 Å². The lowest BCUT2D eigenvalue weighted by Crippen LogP contribution is -2.29. The Morgan fingerprint density at radius 2 is 1.48 bits per heavy atom. The number of esters is 1. The number of carbonyl (C=O) groups excluding carboxylic acids is 3. The highest BCUT2D eigenvalue weighted by Gasteiger charge is 2.37. The number of anilines is 1. The number of unbranched alkanes of at least 4 members (excludes halogenated alkanes) is 7. The quantitative estimate of drug-likeness (QED) is 0.135. The Balaban J connectivity index is 1.55. The van der Waals surface area contributed by atoms with Crippen molar-refractivity contribution < 1.29 is 24.0 Å². The van der Waals surface area contributed by atoms with Gasteiger partial charge in [-0.3, -0.25) is 19.7 Å². The number of nitro groups is 1. The van der Waals surface area contributed by atoms with E-state index in [9.17, 15) is 24.5 Å². The molecule has 1 aliphatic heterocycles. The molecule has 0 N–H and O–H groups in total. The van der Waals surface area contributed by atoms with Crippen molar-refractivity contribution in [1.29, 1.82) is 0 Å². The molecule has 0 saturated heterocycles. The van der Waals surface area contributed by atoms with Crippen LogP contribution in [0, 0.1) is 10.1 Å². The molecule has 0 saturated carbocycles. The van der Waals surface area contributed by atoms with Crippen LogP contribution in [0.1, 0.15) is 89.4 Å². The zero-order valence-corrected chi connectivity index (χ0v) is 18.7. The van der Waals surface area contributed by atoms with Gasteiger partial charge in [0.15, 0.2) is 0 Å². The summed E-state index contributed by atoms with van der Waals surface area (Å²) >= 11 is 0. The summed E-state index contributed by atoms with van der Waals surface area (Å²) in [6, 6.07) is 9.43. The van der Waals surface area contributed by atoms with Crippen LogP contribution in [0.3, 0.4) is 0 Å². The zero-order valence-electron chi connectivity index (χ0n) is 18.7. The molecule has 0 radical (unpaired) electrons. The molecular weight excluding hydrogens is 424 g/mol. The lowest BCUT2D eigenvalue weighted by Gasteiger charge is -2.13. The second-order valence-corrected chi connectivity index (χ2v) is 8.09. The number of ether oxygens (including phenoxy) is 1. The average Bonchev–Trinajstić information content (AvgIpc) is 3.07. The number of hydrogen-bond acceptors (Lipinski definition) is 6. The second kappa shape index (κ2) is 11.4. The summed E-state index contributed by atoms with van der Waals surface area (Å²) in [5.41, 5.74) is 0.584. The fourth-order valence-corrected chi connectivity index (χ4v) is 3.81. The van der Waals surface area contributed by atoms with E-state index >= 15 is 0 Å². The van der Waals surface area contributed by atoms with E-state index < -0.39 is 22.7 Å². The Morgan fingerprint density at radius 3 is 2.12 bits per heavy atom. The van der Waals surface area contributed by atoms with Gasteiger partial charge in [-0.1, -0.05) is 51.9 Å². The smallest absolute Gasteiger partial charge is 0.338 e. The Hall–Kier alpha value is -3.55. The number of nitrogens with zero attached hydrogens (tertiary/aromatic N) is 2. The highest BCUT2D eigenvalue weighted by molar-refractivity contribution is 6.34. The third kappa shape index (κ3) is 5.83. The van der Waals surface area contributed by atoms with Crippen molar-refractivity contribution in [3.05, 3.63) is 69.3 Å². The summed E-state index contributed by atoms with van der Waals surface area (Å²) < 4.78 is 5.33. The van der Waals surface area contributed by atoms with Crippen LogP contribution in [-0.2, 0) is 4.74 Å². The van der Waals surface area contributed by atoms with Gasteiger partial charge >= 0.3 is 5.97 Å². The van der Waals surface area contributed by atoms with Gasteiger partial charge in [-0.15, -0.1) is 0 Å². The van der Waals surface area contributed by atoms with E-state index in [4.69, 9.17) is 4.74 Å². The number of rotatable bonds is 12. The van der Waals surface area contributed by atoms with Crippen molar-refractivity contribution in [2.24, 2.45) is 0 Å². The maximum Gasteiger partial charge on any atom is 0.338 e. The number of fused-ring (bicyclic) bond motifs is 1. The van der Waals surface area contributed by atoms with Crippen LogP contribution in [0.4, 0.5) is 11.4 Å². The van der Waals surface area contributed by atoms with Crippen LogP contribution in [0.25, 0.3) is 0 Å². The van der Waals surface area contributed by atoms with E-state index in [-0.39, 0.29) is 28.1 Å². The molecule has 2 aromatic carbocycles. The first-order chi connectivity index (χ1) is 15.9. The number of amides is 2. The summed E-state index contributed by atoms with van der Waals surface area (Å²) in [5.74, 6) is -1.65. The number of imide groups is 1. The highest BCUT2D eigenvalue weighted by Crippen LogP contribution is 2.30. The van der Waals surface area contributed by atoms with E-state index in [0.29, 0.717) is 6.61 Å². The van der Waals surface area contributed by atoms with E-state index in [1.165, 1.54) is 74.6 Å². The number of hydrogen-bond donors (Lipinski definition) is 0. The highest BCUT2D eigenvalue weighted by atomic mass is 16.6. The maximum atomic E-state index is 12.8. The van der Waals surface area contributed by atoms with Crippen LogP contribution >= 0.6 is 0 Å². The molecule has 1 heterocycles. The molecule has 0 aromatic heterocycles. The molecule has 0 unspecified atom stereocenters. The van der Waals surface area contributed by atoms with E-state index in [1.54, 1.807) is 0 Å². The van der Waals surface area contributed by atoms with Crippen molar-refractivity contribution in [1.82, 2.24) is 0 Å². The summed E-state index contributed by atoms with van der Waals surface area (Å²) in [6.07, 6.45) is 9.12. The molecule has 174 valence electrons. The lowest BCUT2D eigenvalue weighted by molar-refractivity contribution is -0.384. The molecule has 8 heteroatoms. The number of non-ortho nitro benzene ring substituents is 1. The maximum absolute atomic E-state index is 12.8. The molecule has 1 aliphatic rings. The van der Waals surface area contributed by atoms with Gasteiger partial charge in [0.05, 0.1) is 33.9 Å². The molecule has 33 heavy (non-hydrogen) atoms. The number of benzene rings is 2. The topological polar surface area (TPSA) is 107 Å². The van der Waals surface area contributed by atoms with Gasteiger partial charge < -0.3 is 4.74 Å². The predicted octanol–water partition coefficient (Wildman–Crippen LogP) is 5.69. The molecule has 3 rings (SSSR count). The number of nitro benzene ring substituents is 1. The fourth-order valence-electron chi connectivity index (χ4n) is 3.81. The third-order valence-corrected chi connectivity index (χ3v) is 5.67. The minimum Gasteiger partial charge on any atom is -0.462 e. The van der Waals surface area contributed by atoms with Crippen LogP contribution in [0.5, 0.6) is 0 Å². The lowest BCUT2D eigenvalue weighted by atomic mass is 10.1. The molecule has 0 aliphatic carbocycles. The van der Waals surface area contributed by atoms with Crippen molar-refractivity contribution in [2.45, 2.75) is 58.3 Å². The van der Waals surface area contributed by atoms with Crippen molar-refractivity contribution >= 4 is 29.2 Å². The average molecular weight is 453 g/mol. The normalized spacial score (nSPS) is 12.7. The summed E-state index contributed by atoms with van der Waals surface area (Å²) in [4.78, 5) is 49.2. The molecule has 0 bridgehead atoms. The van der Waals surface area contributed by atoms with Gasteiger partial charge in [0.1, 0.15) is 0 Å². The Kier molecular flexibility index (Phi) is 8.29. The van der Waals surface area contributed by atoms with Crippen LogP contribution < -0.4 is 4.90 Å².